The molecule has 2 N–H and O–H groups in total. The van der Waals surface area contributed by atoms with Crippen LogP contribution in [-0.4, -0.2) is 86.7 Å². The third kappa shape index (κ3) is 4.71. The van der Waals surface area contributed by atoms with Gasteiger partial charge in [0.05, 0.1) is 24.5 Å². The maximum Gasteiger partial charge on any atom is 0.247 e. The third-order valence-corrected chi connectivity index (χ3v) is 7.73. The second-order valence-electron chi connectivity index (χ2n) is 10.4. The number of hydrogen-bond donors (Lipinski definition) is 1. The lowest BCUT2D eigenvalue weighted by Gasteiger charge is -2.37. The zero-order valence-corrected chi connectivity index (χ0v) is 22.7. The number of nitrogens with two attached hydrogens (primary N) is 1. The molecule has 212 valence electrons. The van der Waals surface area contributed by atoms with Crippen LogP contribution in [0.25, 0.3) is 28.3 Å². The molecule has 0 spiro atoms. The van der Waals surface area contributed by atoms with Crippen LogP contribution in [0.2, 0.25) is 0 Å². The van der Waals surface area contributed by atoms with Gasteiger partial charge in [0, 0.05) is 39.0 Å². The highest BCUT2D eigenvalue weighted by Gasteiger charge is 2.42. The number of benzene rings is 1. The molecule has 7 rings (SSSR count). The number of nitrogens with zero attached hydrogens (tertiary/aromatic N) is 8. The van der Waals surface area contributed by atoms with Gasteiger partial charge in [-0.1, -0.05) is 0 Å². The van der Waals surface area contributed by atoms with Crippen molar-refractivity contribution in [3.63, 3.8) is 0 Å². The number of aromatic nitrogens is 6. The van der Waals surface area contributed by atoms with Gasteiger partial charge in [-0.3, -0.25) is 4.79 Å². The highest BCUT2D eigenvalue weighted by atomic mass is 16.5. The summed E-state index contributed by atoms with van der Waals surface area (Å²) in [6.45, 7) is 3.81. The van der Waals surface area contributed by atoms with E-state index in [2.05, 4.69) is 37.2 Å². The number of fused-ring (bicyclic) bond motifs is 3. The van der Waals surface area contributed by atoms with E-state index >= 15 is 0 Å². The van der Waals surface area contributed by atoms with Crippen LogP contribution >= 0.6 is 0 Å². The maximum absolute atomic E-state index is 14.0. The summed E-state index contributed by atoms with van der Waals surface area (Å²) in [6.07, 6.45) is 5.21. The molecule has 2 fully saturated rings. The molecule has 1 unspecified atom stereocenters. The number of furan rings is 1. The van der Waals surface area contributed by atoms with Gasteiger partial charge >= 0.3 is 0 Å². The Morgan fingerprint density at radius 2 is 1.88 bits per heavy atom. The summed E-state index contributed by atoms with van der Waals surface area (Å²) in [7, 11) is 1.66. The van der Waals surface area contributed by atoms with Crippen LogP contribution in [-0.2, 0) is 9.53 Å². The van der Waals surface area contributed by atoms with Crippen LogP contribution in [0.1, 0.15) is 18.9 Å². The fourth-order valence-electron chi connectivity index (χ4n) is 5.43. The Morgan fingerprint density at radius 3 is 2.59 bits per heavy atom. The number of ether oxygens (including phenoxy) is 2. The Bertz CT molecular complexity index is 1670. The van der Waals surface area contributed by atoms with E-state index in [9.17, 15) is 4.79 Å². The van der Waals surface area contributed by atoms with E-state index in [1.54, 1.807) is 36.4 Å². The Morgan fingerprint density at radius 1 is 1.07 bits per heavy atom. The smallest absolute Gasteiger partial charge is 0.247 e. The predicted octanol–water partition coefficient (Wildman–Crippen LogP) is 2.64. The number of hydrogen-bond acceptors (Lipinski definition) is 10. The first-order valence-corrected chi connectivity index (χ1v) is 13.8. The summed E-state index contributed by atoms with van der Waals surface area (Å²) in [5, 5.41) is 9.80. The van der Waals surface area contributed by atoms with Crippen molar-refractivity contribution < 1.29 is 18.7 Å². The SMILES string of the molecule is COCCOc1ccc(N2CCN(C(=O)C(C3CC3)n3ncc4c3nc(N)n3nc(-c5ccco5)nc43)CC2)cc1. The van der Waals surface area contributed by atoms with E-state index in [4.69, 9.17) is 19.6 Å². The molecule has 1 aliphatic heterocycles. The molecule has 0 bridgehead atoms. The summed E-state index contributed by atoms with van der Waals surface area (Å²) in [4.78, 5) is 27.5. The number of carbonyl (C=O) groups excluding carboxylic acids is 1. The van der Waals surface area contributed by atoms with E-state index in [-0.39, 0.29) is 17.8 Å². The predicted molar refractivity (Wildman–Crippen MR) is 151 cm³/mol. The Labute approximate surface area is 235 Å². The molecule has 1 saturated carbocycles. The zero-order chi connectivity index (χ0) is 27.9. The summed E-state index contributed by atoms with van der Waals surface area (Å²) in [6, 6.07) is 11.2. The van der Waals surface area contributed by atoms with Crippen molar-refractivity contribution >= 4 is 34.2 Å². The van der Waals surface area contributed by atoms with Gasteiger partial charge in [-0.25, -0.2) is 9.67 Å². The number of amides is 1. The molecule has 1 aliphatic carbocycles. The van der Waals surface area contributed by atoms with E-state index in [1.807, 2.05) is 17.0 Å². The molecule has 4 aromatic heterocycles. The van der Waals surface area contributed by atoms with Crippen molar-refractivity contribution in [1.82, 2.24) is 34.3 Å². The lowest BCUT2D eigenvalue weighted by Crippen LogP contribution is -2.51. The highest BCUT2D eigenvalue weighted by molar-refractivity contribution is 5.92. The fourth-order valence-corrected chi connectivity index (χ4v) is 5.43. The quantitative estimate of drug-likeness (QED) is 0.269. The first-order chi connectivity index (χ1) is 20.1. The normalized spacial score (nSPS) is 16.5. The molecule has 13 heteroatoms. The molecule has 5 aromatic rings. The topological polar surface area (TPSA) is 142 Å². The Balaban J connectivity index is 1.10. The van der Waals surface area contributed by atoms with Gasteiger partial charge in [0.25, 0.3) is 0 Å². The molecule has 2 aliphatic rings. The van der Waals surface area contributed by atoms with Crippen molar-refractivity contribution in [2.75, 3.05) is 57.1 Å². The number of piperazine rings is 1. The fraction of sp³-hybridized carbons (Fsp3) is 0.393. The summed E-state index contributed by atoms with van der Waals surface area (Å²) >= 11 is 0. The van der Waals surface area contributed by atoms with Gasteiger partial charge in [-0.05, 0) is 55.2 Å². The second-order valence-corrected chi connectivity index (χ2v) is 10.4. The minimum absolute atomic E-state index is 0.0667. The number of anilines is 2. The van der Waals surface area contributed by atoms with Crippen LogP contribution < -0.4 is 15.4 Å². The number of carbonyl (C=O) groups is 1. The number of methoxy groups -OCH3 is 1. The van der Waals surface area contributed by atoms with Crippen LogP contribution in [0.4, 0.5) is 11.6 Å². The first-order valence-electron chi connectivity index (χ1n) is 13.8. The summed E-state index contributed by atoms with van der Waals surface area (Å²) in [5.74, 6) is 2.20. The van der Waals surface area contributed by atoms with Crippen LogP contribution in [0.15, 0.2) is 53.3 Å². The highest BCUT2D eigenvalue weighted by Crippen LogP contribution is 2.42. The van der Waals surface area contributed by atoms with Crippen molar-refractivity contribution in [1.29, 1.82) is 0 Å². The third-order valence-electron chi connectivity index (χ3n) is 7.73. The lowest BCUT2D eigenvalue weighted by molar-refractivity contribution is -0.136. The van der Waals surface area contributed by atoms with Crippen molar-refractivity contribution in [2.24, 2.45) is 5.92 Å². The van der Waals surface area contributed by atoms with Crippen LogP contribution in [0.3, 0.4) is 0 Å². The average Bonchev–Trinajstić information content (AvgIpc) is 3.35. The molecular weight excluding hydrogens is 526 g/mol. The van der Waals surface area contributed by atoms with Gasteiger partial charge in [-0.2, -0.15) is 14.6 Å². The first kappa shape index (κ1) is 25.3. The lowest BCUT2D eigenvalue weighted by atomic mass is 10.1. The standard InChI is InChI=1S/C28H31N9O4/c1-39-15-16-40-20-8-6-19(7-9-20)34-10-12-35(13-11-34)27(38)23(18-4-5-18)36-26-21(17-30-36)25-31-24(22-3-2-14-41-22)33-37(25)28(29)32-26/h2-3,6-9,14,17-18,23H,4-5,10-13,15-16H2,1H3,(H2,29,32). The molecule has 1 aromatic carbocycles. The van der Waals surface area contributed by atoms with E-state index in [0.717, 1.165) is 37.4 Å². The molecule has 1 saturated heterocycles. The zero-order valence-electron chi connectivity index (χ0n) is 22.7. The molecule has 41 heavy (non-hydrogen) atoms. The Kier molecular flexibility index (Phi) is 6.42. The molecule has 1 amide bonds. The van der Waals surface area contributed by atoms with Crippen molar-refractivity contribution in [3.8, 4) is 17.3 Å². The van der Waals surface area contributed by atoms with Crippen molar-refractivity contribution in [2.45, 2.75) is 18.9 Å². The minimum Gasteiger partial charge on any atom is -0.491 e. The van der Waals surface area contributed by atoms with Crippen LogP contribution in [0.5, 0.6) is 5.75 Å². The van der Waals surface area contributed by atoms with Gasteiger partial charge in [0.15, 0.2) is 17.1 Å². The van der Waals surface area contributed by atoms with Gasteiger partial charge < -0.3 is 29.4 Å². The van der Waals surface area contributed by atoms with E-state index < -0.39 is 6.04 Å². The maximum atomic E-state index is 14.0. The van der Waals surface area contributed by atoms with E-state index in [0.29, 0.717) is 54.6 Å². The largest absolute Gasteiger partial charge is 0.491 e. The number of rotatable bonds is 9. The summed E-state index contributed by atoms with van der Waals surface area (Å²) in [5.41, 5.74) is 8.47. The molecule has 1 atom stereocenters. The van der Waals surface area contributed by atoms with Gasteiger partial charge in [0.2, 0.25) is 17.7 Å². The van der Waals surface area contributed by atoms with Crippen LogP contribution in [0, 0.1) is 5.92 Å². The second kappa shape index (κ2) is 10.4. The molecule has 13 nitrogen and oxygen atoms in total. The van der Waals surface area contributed by atoms with Crippen molar-refractivity contribution in [3.05, 3.63) is 48.9 Å². The Hall–Kier alpha value is -4.65. The molecular formula is C28H31N9O4. The monoisotopic (exact) mass is 557 g/mol. The molecule has 5 heterocycles. The average molecular weight is 558 g/mol. The molecule has 0 radical (unpaired) electrons. The van der Waals surface area contributed by atoms with E-state index in [1.165, 1.54) is 4.52 Å². The van der Waals surface area contributed by atoms with Gasteiger partial charge in [-0.15, -0.1) is 5.10 Å². The number of nitrogen functional groups attached to an aromatic ring is 1. The van der Waals surface area contributed by atoms with Gasteiger partial charge in [0.1, 0.15) is 18.4 Å². The minimum atomic E-state index is -0.440. The summed E-state index contributed by atoms with van der Waals surface area (Å²) < 4.78 is 19.4.